The van der Waals surface area contributed by atoms with Crippen molar-refractivity contribution in [2.24, 2.45) is 7.05 Å². The second kappa shape index (κ2) is 5.98. The number of nitro groups is 1. The summed E-state index contributed by atoms with van der Waals surface area (Å²) in [6.45, 7) is 6.45. The van der Waals surface area contributed by atoms with Crippen LogP contribution in [0.4, 0.5) is 11.5 Å². The van der Waals surface area contributed by atoms with Gasteiger partial charge >= 0.3 is 5.69 Å². The summed E-state index contributed by atoms with van der Waals surface area (Å²) < 4.78 is 7.05. The summed E-state index contributed by atoms with van der Waals surface area (Å²) in [5, 5.41) is 25.1. The second-order valence-electron chi connectivity index (χ2n) is 5.73. The van der Waals surface area contributed by atoms with E-state index in [-0.39, 0.29) is 35.3 Å². The van der Waals surface area contributed by atoms with Crippen LogP contribution in [0.15, 0.2) is 0 Å². The summed E-state index contributed by atoms with van der Waals surface area (Å²) in [4.78, 5) is 13.0. The van der Waals surface area contributed by atoms with Gasteiger partial charge < -0.3 is 14.7 Å². The number of hydrogen-bond donors (Lipinski definition) is 1. The summed E-state index contributed by atoms with van der Waals surface area (Å²) in [5.41, 5.74) is 0.537. The number of nitrogens with zero attached hydrogens (tertiary/aromatic N) is 4. The molecule has 2 rings (SSSR count). The molecule has 21 heavy (non-hydrogen) atoms. The molecule has 1 aromatic rings. The van der Waals surface area contributed by atoms with Crippen molar-refractivity contribution in [1.29, 1.82) is 0 Å². The predicted molar refractivity (Wildman–Crippen MR) is 77.6 cm³/mol. The van der Waals surface area contributed by atoms with Crippen LogP contribution in [0.25, 0.3) is 0 Å². The Labute approximate surface area is 123 Å². The largest absolute Gasteiger partial charge is 0.394 e. The number of anilines is 1. The Bertz CT molecular complexity index is 528. The third kappa shape index (κ3) is 2.86. The molecule has 0 amide bonds. The maximum absolute atomic E-state index is 11.5. The number of aryl methyl sites for hydroxylation is 1. The van der Waals surface area contributed by atoms with Crippen LogP contribution in [0, 0.1) is 10.1 Å². The lowest BCUT2D eigenvalue weighted by Gasteiger charge is -2.38. The first-order valence-corrected chi connectivity index (χ1v) is 7.07. The van der Waals surface area contributed by atoms with Crippen molar-refractivity contribution in [3.8, 4) is 0 Å². The average Bonchev–Trinajstić information content (AvgIpc) is 2.77. The highest BCUT2D eigenvalue weighted by molar-refractivity contribution is 5.63. The zero-order chi connectivity index (χ0) is 15.7. The summed E-state index contributed by atoms with van der Waals surface area (Å²) in [6, 6.07) is -0.0121. The smallest absolute Gasteiger partial charge is 0.334 e. The van der Waals surface area contributed by atoms with Gasteiger partial charge in [0, 0.05) is 19.5 Å². The number of aliphatic hydroxyl groups is 1. The van der Waals surface area contributed by atoms with Crippen LogP contribution in [0.1, 0.15) is 32.4 Å². The molecule has 8 nitrogen and oxygen atoms in total. The lowest BCUT2D eigenvalue weighted by molar-refractivity contribution is -0.385. The average molecular weight is 298 g/mol. The number of ether oxygens (including phenoxy) is 1. The zero-order valence-electron chi connectivity index (χ0n) is 12.8. The van der Waals surface area contributed by atoms with Crippen LogP contribution in [-0.4, -0.2) is 51.7 Å². The van der Waals surface area contributed by atoms with E-state index in [2.05, 4.69) is 5.10 Å². The fourth-order valence-corrected chi connectivity index (χ4v) is 2.63. The Hall–Kier alpha value is -1.67. The molecule has 118 valence electrons. The molecule has 0 aromatic carbocycles. The van der Waals surface area contributed by atoms with Crippen molar-refractivity contribution in [3.63, 3.8) is 0 Å². The summed E-state index contributed by atoms with van der Waals surface area (Å²) in [5.74, 6) is 0.452. The molecule has 2 unspecified atom stereocenters. The third-order valence-electron chi connectivity index (χ3n) is 3.73. The quantitative estimate of drug-likeness (QED) is 0.659. The number of morpholine rings is 1. The van der Waals surface area contributed by atoms with Gasteiger partial charge in [0.1, 0.15) is 5.69 Å². The highest BCUT2D eigenvalue weighted by atomic mass is 16.6. The van der Waals surface area contributed by atoms with Crippen LogP contribution in [0.2, 0.25) is 0 Å². The van der Waals surface area contributed by atoms with Gasteiger partial charge in [0.15, 0.2) is 0 Å². The Balaban J connectivity index is 2.49. The van der Waals surface area contributed by atoms with E-state index in [9.17, 15) is 15.2 Å². The van der Waals surface area contributed by atoms with Gasteiger partial charge in [-0.15, -0.1) is 0 Å². The molecule has 2 atom stereocenters. The standard InChI is InChI=1S/C13H22N4O4/c1-8(2)11-12(17(19)20)13(15(4)14-11)16-5-10(6-18)21-7-9(16)3/h8-10,18H,5-7H2,1-4H3. The molecule has 1 aliphatic heterocycles. The molecular weight excluding hydrogens is 276 g/mol. The molecule has 0 bridgehead atoms. The van der Waals surface area contributed by atoms with Gasteiger partial charge in [-0.2, -0.15) is 5.10 Å². The molecule has 8 heteroatoms. The highest BCUT2D eigenvalue weighted by Crippen LogP contribution is 2.37. The molecule has 0 spiro atoms. The fourth-order valence-electron chi connectivity index (χ4n) is 2.63. The predicted octanol–water partition coefficient (Wildman–Crippen LogP) is 1.04. The van der Waals surface area contributed by atoms with Gasteiger partial charge in [-0.3, -0.25) is 10.1 Å². The molecule has 1 aromatic heterocycles. The first-order chi connectivity index (χ1) is 9.86. The third-order valence-corrected chi connectivity index (χ3v) is 3.73. The number of rotatable bonds is 4. The van der Waals surface area contributed by atoms with Crippen LogP contribution in [0.5, 0.6) is 0 Å². The van der Waals surface area contributed by atoms with Crippen molar-refractivity contribution >= 4 is 11.5 Å². The molecule has 0 saturated carbocycles. The lowest BCUT2D eigenvalue weighted by Crippen LogP contribution is -2.50. The minimum Gasteiger partial charge on any atom is -0.394 e. The van der Waals surface area contributed by atoms with Gasteiger partial charge in [-0.1, -0.05) is 13.8 Å². The minimum absolute atomic E-state index is 0.0121. The highest BCUT2D eigenvalue weighted by Gasteiger charge is 2.36. The van der Waals surface area contributed by atoms with Crippen molar-refractivity contribution in [1.82, 2.24) is 9.78 Å². The van der Waals surface area contributed by atoms with E-state index >= 15 is 0 Å². The molecule has 0 aliphatic carbocycles. The van der Waals surface area contributed by atoms with E-state index < -0.39 is 0 Å². The van der Waals surface area contributed by atoms with Crippen molar-refractivity contribution < 1.29 is 14.8 Å². The van der Waals surface area contributed by atoms with Crippen molar-refractivity contribution in [2.45, 2.75) is 38.8 Å². The zero-order valence-corrected chi connectivity index (χ0v) is 12.8. The topological polar surface area (TPSA) is 93.7 Å². The van der Waals surface area contributed by atoms with E-state index in [0.717, 1.165) is 0 Å². The lowest BCUT2D eigenvalue weighted by atomic mass is 10.1. The summed E-state index contributed by atoms with van der Waals surface area (Å²) in [7, 11) is 1.71. The SMILES string of the molecule is CC(C)c1nn(C)c(N2CC(CO)OCC2C)c1[N+](=O)[O-]. The normalized spacial score (nSPS) is 22.9. The van der Waals surface area contributed by atoms with Crippen LogP contribution in [-0.2, 0) is 11.8 Å². The Kier molecular flexibility index (Phi) is 4.48. The van der Waals surface area contributed by atoms with Crippen LogP contribution >= 0.6 is 0 Å². The monoisotopic (exact) mass is 298 g/mol. The van der Waals surface area contributed by atoms with Gasteiger partial charge in [0.05, 0.1) is 30.3 Å². The van der Waals surface area contributed by atoms with Crippen molar-refractivity contribution in [2.75, 3.05) is 24.7 Å². The Morgan fingerprint density at radius 2 is 2.24 bits per heavy atom. The van der Waals surface area contributed by atoms with E-state index in [0.29, 0.717) is 24.7 Å². The van der Waals surface area contributed by atoms with Crippen LogP contribution < -0.4 is 4.90 Å². The first kappa shape index (κ1) is 15.7. The molecular formula is C13H22N4O4. The second-order valence-corrected chi connectivity index (χ2v) is 5.73. The molecule has 0 radical (unpaired) electrons. The molecule has 2 heterocycles. The Morgan fingerprint density at radius 3 is 2.76 bits per heavy atom. The number of aliphatic hydroxyl groups excluding tert-OH is 1. The minimum atomic E-state index is -0.367. The molecule has 1 N–H and O–H groups in total. The van der Waals surface area contributed by atoms with E-state index in [1.165, 1.54) is 0 Å². The number of hydrogen-bond acceptors (Lipinski definition) is 6. The summed E-state index contributed by atoms with van der Waals surface area (Å²) in [6.07, 6.45) is -0.335. The maximum Gasteiger partial charge on any atom is 0.334 e. The van der Waals surface area contributed by atoms with Gasteiger partial charge in [-0.05, 0) is 6.92 Å². The van der Waals surface area contributed by atoms with E-state index in [1.54, 1.807) is 11.7 Å². The van der Waals surface area contributed by atoms with Gasteiger partial charge in [0.25, 0.3) is 0 Å². The van der Waals surface area contributed by atoms with Crippen LogP contribution in [0.3, 0.4) is 0 Å². The fraction of sp³-hybridized carbons (Fsp3) is 0.769. The van der Waals surface area contributed by atoms with Gasteiger partial charge in [-0.25, -0.2) is 4.68 Å². The summed E-state index contributed by atoms with van der Waals surface area (Å²) >= 11 is 0. The molecule has 1 fully saturated rings. The number of aromatic nitrogens is 2. The van der Waals surface area contributed by atoms with Crippen molar-refractivity contribution in [3.05, 3.63) is 15.8 Å². The Morgan fingerprint density at radius 1 is 1.57 bits per heavy atom. The molecule has 1 aliphatic rings. The van der Waals surface area contributed by atoms with E-state index in [4.69, 9.17) is 4.74 Å². The maximum atomic E-state index is 11.5. The van der Waals surface area contributed by atoms with E-state index in [1.807, 2.05) is 25.7 Å². The van der Waals surface area contributed by atoms with Gasteiger partial charge in [0.2, 0.25) is 5.82 Å². The first-order valence-electron chi connectivity index (χ1n) is 7.07. The molecule has 1 saturated heterocycles.